The van der Waals surface area contributed by atoms with E-state index in [1.54, 1.807) is 0 Å². The second-order valence-electron chi connectivity index (χ2n) is 1.48. The molecule has 0 radical (unpaired) electrons. The molecule has 0 saturated heterocycles. The molecule has 0 aliphatic heterocycles. The van der Waals surface area contributed by atoms with E-state index < -0.39 is 24.4 Å². The van der Waals surface area contributed by atoms with E-state index in [1.807, 2.05) is 0 Å². The molecule has 3 N–H and O–H groups in total. The van der Waals surface area contributed by atoms with Crippen molar-refractivity contribution in [3.63, 3.8) is 0 Å². The number of hydrogen-bond donors (Lipinski definition) is 3. The first-order valence-corrected chi connectivity index (χ1v) is 2.19. The van der Waals surface area contributed by atoms with E-state index in [1.165, 1.54) is 0 Å². The van der Waals surface area contributed by atoms with E-state index >= 15 is 0 Å². The molecule has 0 aromatic heterocycles. The maximum Gasteiger partial charge on any atom is 1.00 e. The standard InChI is InChI=1S/C4H7NO4.Na/c5-3(7)1-2(6)4(8)9;/h2,6H,1H2,(H2,5,7)(H,8,9);/q;+1/p-1/t2-;/m0./s1. The van der Waals surface area contributed by atoms with E-state index in [4.69, 9.17) is 15.6 Å². The minimum atomic E-state index is -1.73. The summed E-state index contributed by atoms with van der Waals surface area (Å²) in [4.78, 5) is 9.75. The smallest absolute Gasteiger partial charge is 0.862 e. The van der Waals surface area contributed by atoms with Crippen molar-refractivity contribution in [3.05, 3.63) is 0 Å². The van der Waals surface area contributed by atoms with Crippen LogP contribution in [0.2, 0.25) is 0 Å². The second-order valence-corrected chi connectivity index (χ2v) is 1.48. The molecular formula is C4H6NNaO4. The summed E-state index contributed by atoms with van der Waals surface area (Å²) in [6.45, 7) is 0. The predicted octanol–water partition coefficient (Wildman–Crippen LogP) is -4.84. The van der Waals surface area contributed by atoms with Crippen LogP contribution in [0.25, 0.3) is 0 Å². The molecule has 0 aliphatic carbocycles. The average molecular weight is 155 g/mol. The Hall–Kier alpha value is -0.100. The molecule has 0 rings (SSSR count). The number of nitrogens with one attached hydrogen (secondary N) is 1. The third-order valence-corrected chi connectivity index (χ3v) is 0.664. The number of aliphatic carboxylic acids is 1. The summed E-state index contributed by atoms with van der Waals surface area (Å²) in [5, 5.41) is 32.3. The molecule has 0 aromatic carbocycles. The molecule has 0 bridgehead atoms. The maximum atomic E-state index is 9.80. The number of aliphatic hydroxyl groups is 1. The second kappa shape index (κ2) is 5.67. The molecule has 1 atom stereocenters. The zero-order valence-corrected chi connectivity index (χ0v) is 7.50. The molecule has 0 amide bonds. The summed E-state index contributed by atoms with van der Waals surface area (Å²) in [7, 11) is 0. The van der Waals surface area contributed by atoms with Gasteiger partial charge in [-0.25, -0.2) is 4.79 Å². The number of carbonyl (C=O) groups is 1. The minimum Gasteiger partial charge on any atom is -0.862 e. The van der Waals surface area contributed by atoms with Crippen molar-refractivity contribution in [2.24, 2.45) is 0 Å². The Kier molecular flexibility index (Phi) is 7.12. The van der Waals surface area contributed by atoms with Gasteiger partial charge in [0.05, 0.1) is 0 Å². The van der Waals surface area contributed by atoms with Gasteiger partial charge >= 0.3 is 35.5 Å². The first-order chi connectivity index (χ1) is 4.04. The number of carboxylic acids is 1. The zero-order valence-electron chi connectivity index (χ0n) is 5.50. The van der Waals surface area contributed by atoms with Gasteiger partial charge in [-0.15, -0.1) is 0 Å². The molecule has 0 heterocycles. The molecule has 0 unspecified atom stereocenters. The van der Waals surface area contributed by atoms with E-state index in [0.717, 1.165) is 0 Å². The molecular weight excluding hydrogens is 149 g/mol. The predicted molar refractivity (Wildman–Crippen MR) is 26.0 cm³/mol. The van der Waals surface area contributed by atoms with Crippen LogP contribution in [0.3, 0.4) is 0 Å². The number of aliphatic hydroxyl groups excluding tert-OH is 1. The molecule has 6 heteroatoms. The van der Waals surface area contributed by atoms with Crippen LogP contribution in [0, 0.1) is 5.41 Å². The van der Waals surface area contributed by atoms with E-state index in [-0.39, 0.29) is 29.6 Å². The SMILES string of the molecule is N=C([O-])C[C@H](O)C(=O)O.[Na+]. The van der Waals surface area contributed by atoms with Crippen LogP contribution in [0.5, 0.6) is 0 Å². The van der Waals surface area contributed by atoms with Crippen LogP contribution in [0.1, 0.15) is 6.42 Å². The molecule has 52 valence electrons. The van der Waals surface area contributed by atoms with Gasteiger partial charge in [-0.2, -0.15) is 0 Å². The third kappa shape index (κ3) is 6.03. The Morgan fingerprint density at radius 2 is 2.10 bits per heavy atom. The maximum absolute atomic E-state index is 9.80. The molecule has 0 spiro atoms. The summed E-state index contributed by atoms with van der Waals surface area (Å²) >= 11 is 0. The van der Waals surface area contributed by atoms with E-state index in [0.29, 0.717) is 0 Å². The molecule has 0 fully saturated rings. The average Bonchev–Trinajstić information content (AvgIpc) is 1.63. The third-order valence-electron chi connectivity index (χ3n) is 0.664. The minimum absolute atomic E-state index is 0. The fourth-order valence-corrected chi connectivity index (χ4v) is 0.263. The summed E-state index contributed by atoms with van der Waals surface area (Å²) < 4.78 is 0. The Morgan fingerprint density at radius 3 is 2.20 bits per heavy atom. The first-order valence-electron chi connectivity index (χ1n) is 2.19. The van der Waals surface area contributed by atoms with Crippen LogP contribution < -0.4 is 34.7 Å². The normalized spacial score (nSPS) is 11.3. The summed E-state index contributed by atoms with van der Waals surface area (Å²) in [6, 6.07) is 0. The summed E-state index contributed by atoms with van der Waals surface area (Å²) in [6.07, 6.45) is -2.37. The molecule has 10 heavy (non-hydrogen) atoms. The van der Waals surface area contributed by atoms with Crippen LogP contribution in [0.4, 0.5) is 0 Å². The van der Waals surface area contributed by atoms with E-state index in [9.17, 15) is 9.90 Å². The van der Waals surface area contributed by atoms with Gasteiger partial charge in [0, 0.05) is 6.42 Å². The van der Waals surface area contributed by atoms with Gasteiger partial charge in [-0.3, -0.25) is 0 Å². The Morgan fingerprint density at radius 1 is 1.70 bits per heavy atom. The summed E-state index contributed by atoms with van der Waals surface area (Å²) in [5.41, 5.74) is 0. The monoisotopic (exact) mass is 155 g/mol. The van der Waals surface area contributed by atoms with Gasteiger partial charge in [-0.1, -0.05) is 0 Å². The first kappa shape index (κ1) is 12.6. The summed E-state index contributed by atoms with van der Waals surface area (Å²) in [5.74, 6) is -2.56. The molecule has 0 aromatic rings. The van der Waals surface area contributed by atoms with Gasteiger partial charge < -0.3 is 20.7 Å². The van der Waals surface area contributed by atoms with Crippen molar-refractivity contribution in [1.82, 2.24) is 0 Å². The largest absolute Gasteiger partial charge is 1.00 e. The van der Waals surface area contributed by atoms with Gasteiger partial charge in [0.15, 0.2) is 6.10 Å². The molecule has 0 saturated carbocycles. The van der Waals surface area contributed by atoms with Gasteiger partial charge in [-0.05, 0) is 5.90 Å². The molecule has 0 aliphatic rings. The van der Waals surface area contributed by atoms with Gasteiger partial charge in [0.1, 0.15) is 0 Å². The Balaban J connectivity index is 0. The van der Waals surface area contributed by atoms with Crippen molar-refractivity contribution >= 4 is 11.9 Å². The van der Waals surface area contributed by atoms with Crippen molar-refractivity contribution in [2.45, 2.75) is 12.5 Å². The van der Waals surface area contributed by atoms with Gasteiger partial charge in [0.25, 0.3) is 0 Å². The van der Waals surface area contributed by atoms with E-state index in [2.05, 4.69) is 0 Å². The van der Waals surface area contributed by atoms with Gasteiger partial charge in [0.2, 0.25) is 0 Å². The Bertz CT molecular complexity index is 137. The van der Waals surface area contributed by atoms with Crippen LogP contribution in [-0.4, -0.2) is 28.2 Å². The van der Waals surface area contributed by atoms with Crippen LogP contribution in [0.15, 0.2) is 0 Å². The van der Waals surface area contributed by atoms with Crippen molar-refractivity contribution < 1.29 is 49.7 Å². The van der Waals surface area contributed by atoms with Crippen molar-refractivity contribution in [1.29, 1.82) is 5.41 Å². The molecule has 5 nitrogen and oxygen atoms in total. The topological polar surface area (TPSA) is 104 Å². The quantitative estimate of drug-likeness (QED) is 0.216. The Labute approximate surface area is 79.5 Å². The number of carboxylic acid groups (broad SMARTS) is 1. The number of rotatable bonds is 3. The van der Waals surface area contributed by atoms with Crippen LogP contribution >= 0.6 is 0 Å². The fraction of sp³-hybridized carbons (Fsp3) is 0.500. The van der Waals surface area contributed by atoms with Crippen molar-refractivity contribution in [2.75, 3.05) is 0 Å². The van der Waals surface area contributed by atoms with Crippen molar-refractivity contribution in [3.8, 4) is 0 Å². The number of hydrogen-bond acceptors (Lipinski definition) is 4. The zero-order chi connectivity index (χ0) is 7.44. The van der Waals surface area contributed by atoms with Crippen LogP contribution in [-0.2, 0) is 4.79 Å². The fourth-order valence-electron chi connectivity index (χ4n) is 0.263.